The van der Waals surface area contributed by atoms with Crippen molar-refractivity contribution in [2.45, 2.75) is 19.1 Å². The maximum atomic E-state index is 10.3. The van der Waals surface area contributed by atoms with Gasteiger partial charge in [0.25, 0.3) is 0 Å². The Morgan fingerprint density at radius 2 is 2.00 bits per heavy atom. The highest BCUT2D eigenvalue weighted by molar-refractivity contribution is 6.30. The van der Waals surface area contributed by atoms with E-state index in [1.165, 1.54) is 0 Å². The molecule has 0 amide bonds. The van der Waals surface area contributed by atoms with E-state index in [1.807, 2.05) is 24.3 Å². The number of halogens is 1. The summed E-state index contributed by atoms with van der Waals surface area (Å²) in [4.78, 5) is 4.74. The number of nitrogens with zero attached hydrogens (tertiary/aromatic N) is 2. The van der Waals surface area contributed by atoms with Gasteiger partial charge >= 0.3 is 0 Å². The fraction of sp³-hybridized carbons (Fsp3) is 0.625. The Morgan fingerprint density at radius 1 is 1.29 bits per heavy atom. The number of aliphatic hydroxyl groups is 1. The third-order valence-electron chi connectivity index (χ3n) is 4.10. The van der Waals surface area contributed by atoms with Crippen LogP contribution >= 0.6 is 11.6 Å². The van der Waals surface area contributed by atoms with E-state index in [1.54, 1.807) is 7.11 Å². The van der Waals surface area contributed by atoms with Gasteiger partial charge in [0, 0.05) is 50.9 Å². The summed E-state index contributed by atoms with van der Waals surface area (Å²) in [7, 11) is 1.74. The van der Waals surface area contributed by atoms with Crippen molar-refractivity contribution in [1.82, 2.24) is 9.80 Å². The summed E-state index contributed by atoms with van der Waals surface area (Å²) in [5.74, 6) is 0. The molecule has 2 unspecified atom stereocenters. The van der Waals surface area contributed by atoms with E-state index in [9.17, 15) is 5.11 Å². The van der Waals surface area contributed by atoms with E-state index < -0.39 is 6.10 Å². The number of rotatable bonds is 6. The first-order valence-corrected chi connectivity index (χ1v) is 7.87. The zero-order chi connectivity index (χ0) is 15.2. The molecule has 1 fully saturated rings. The van der Waals surface area contributed by atoms with Crippen molar-refractivity contribution in [1.29, 1.82) is 0 Å². The van der Waals surface area contributed by atoms with Gasteiger partial charge in [0.15, 0.2) is 0 Å². The highest BCUT2D eigenvalue weighted by atomic mass is 35.5. The summed E-state index contributed by atoms with van der Waals surface area (Å²) >= 11 is 5.97. The summed E-state index contributed by atoms with van der Waals surface area (Å²) in [6, 6.07) is 7.92. The molecular weight excluding hydrogens is 288 g/mol. The molecule has 2 rings (SSSR count). The number of β-amino-alcohol motifs (C(OH)–C–C–N with tert-alkyl or cyclic N) is 1. The zero-order valence-corrected chi connectivity index (χ0v) is 13.6. The average molecular weight is 313 g/mol. The molecule has 1 aliphatic rings. The number of piperazine rings is 1. The molecular formula is C16H25ClN2O2. The standard InChI is InChI=1S/C16H25ClN2O2/c1-13(12-21-2)19-8-6-18(7-9-19)11-16(20)14-4-3-5-15(17)10-14/h3-5,10,13,16,20H,6-9,11-12H2,1-2H3. The van der Waals surface area contributed by atoms with E-state index in [0.717, 1.165) is 38.3 Å². The van der Waals surface area contributed by atoms with Gasteiger partial charge < -0.3 is 9.84 Å². The Kier molecular flexibility index (Phi) is 6.45. The van der Waals surface area contributed by atoms with Crippen molar-refractivity contribution >= 4 is 11.6 Å². The Hall–Kier alpha value is -0.650. The predicted molar refractivity (Wildman–Crippen MR) is 85.8 cm³/mol. The molecule has 0 aliphatic carbocycles. The molecule has 1 aromatic rings. The molecule has 0 radical (unpaired) electrons. The zero-order valence-electron chi connectivity index (χ0n) is 12.8. The maximum absolute atomic E-state index is 10.3. The lowest BCUT2D eigenvalue weighted by molar-refractivity contribution is 0.0369. The summed E-state index contributed by atoms with van der Waals surface area (Å²) in [5.41, 5.74) is 0.887. The van der Waals surface area contributed by atoms with Crippen molar-refractivity contribution < 1.29 is 9.84 Å². The molecule has 1 aromatic carbocycles. The van der Waals surface area contributed by atoms with Crippen LogP contribution in [-0.2, 0) is 4.74 Å². The molecule has 0 bridgehead atoms. The first kappa shape index (κ1) is 16.7. The topological polar surface area (TPSA) is 35.9 Å². The first-order valence-electron chi connectivity index (χ1n) is 7.49. The van der Waals surface area contributed by atoms with Crippen LogP contribution in [0.4, 0.5) is 0 Å². The molecule has 0 aromatic heterocycles. The van der Waals surface area contributed by atoms with Gasteiger partial charge in [0.1, 0.15) is 0 Å². The fourth-order valence-electron chi connectivity index (χ4n) is 2.80. The van der Waals surface area contributed by atoms with Crippen molar-refractivity contribution in [3.05, 3.63) is 34.9 Å². The molecule has 118 valence electrons. The minimum absolute atomic E-state index is 0.454. The highest BCUT2D eigenvalue weighted by Gasteiger charge is 2.22. The van der Waals surface area contributed by atoms with Crippen LogP contribution in [0.25, 0.3) is 0 Å². The van der Waals surface area contributed by atoms with Gasteiger partial charge in [-0.05, 0) is 24.6 Å². The quantitative estimate of drug-likeness (QED) is 0.872. The van der Waals surface area contributed by atoms with E-state index in [0.29, 0.717) is 17.6 Å². The lowest BCUT2D eigenvalue weighted by atomic mass is 10.1. The van der Waals surface area contributed by atoms with Crippen molar-refractivity contribution in [2.24, 2.45) is 0 Å². The number of aliphatic hydroxyl groups excluding tert-OH is 1. The largest absolute Gasteiger partial charge is 0.387 e. The van der Waals surface area contributed by atoms with Crippen LogP contribution in [0, 0.1) is 0 Å². The molecule has 5 heteroatoms. The third-order valence-corrected chi connectivity index (χ3v) is 4.34. The summed E-state index contributed by atoms with van der Waals surface area (Å²) in [6.45, 7) is 7.62. The van der Waals surface area contributed by atoms with E-state index in [2.05, 4.69) is 16.7 Å². The smallest absolute Gasteiger partial charge is 0.0917 e. The molecule has 0 saturated carbocycles. The van der Waals surface area contributed by atoms with E-state index in [4.69, 9.17) is 16.3 Å². The van der Waals surface area contributed by atoms with E-state index in [-0.39, 0.29) is 0 Å². The van der Waals surface area contributed by atoms with Gasteiger partial charge in [-0.3, -0.25) is 9.80 Å². The normalized spacial score (nSPS) is 20.4. The monoisotopic (exact) mass is 312 g/mol. The second-order valence-corrected chi connectivity index (χ2v) is 6.15. The third kappa shape index (κ3) is 4.94. The van der Waals surface area contributed by atoms with Gasteiger partial charge in [0.2, 0.25) is 0 Å². The minimum atomic E-state index is -0.480. The number of ether oxygens (including phenoxy) is 1. The Bertz CT molecular complexity index is 436. The second kappa shape index (κ2) is 8.11. The molecule has 2 atom stereocenters. The average Bonchev–Trinajstić information content (AvgIpc) is 2.48. The fourth-order valence-corrected chi connectivity index (χ4v) is 3.00. The summed E-state index contributed by atoms with van der Waals surface area (Å²) in [6.07, 6.45) is -0.480. The van der Waals surface area contributed by atoms with E-state index >= 15 is 0 Å². The van der Waals surface area contributed by atoms with Crippen molar-refractivity contribution in [3.8, 4) is 0 Å². The summed E-state index contributed by atoms with van der Waals surface area (Å²) in [5, 5.41) is 11.0. The van der Waals surface area contributed by atoms with Crippen LogP contribution in [-0.4, -0.2) is 67.4 Å². The number of hydrogen-bond acceptors (Lipinski definition) is 4. The first-order chi connectivity index (χ1) is 10.1. The Labute approximate surface area is 132 Å². The van der Waals surface area contributed by atoms with Gasteiger partial charge in [-0.1, -0.05) is 23.7 Å². The Balaban J connectivity index is 1.80. The minimum Gasteiger partial charge on any atom is -0.387 e. The number of hydrogen-bond donors (Lipinski definition) is 1. The van der Waals surface area contributed by atoms with Gasteiger partial charge in [-0.25, -0.2) is 0 Å². The molecule has 21 heavy (non-hydrogen) atoms. The van der Waals surface area contributed by atoms with Gasteiger partial charge in [-0.2, -0.15) is 0 Å². The SMILES string of the molecule is COCC(C)N1CCN(CC(O)c2cccc(Cl)c2)CC1. The number of benzene rings is 1. The second-order valence-electron chi connectivity index (χ2n) is 5.71. The molecule has 0 spiro atoms. The van der Waals surface area contributed by atoms with Crippen LogP contribution in [0.3, 0.4) is 0 Å². The lowest BCUT2D eigenvalue weighted by Gasteiger charge is -2.38. The van der Waals surface area contributed by atoms with Crippen LogP contribution in [0.1, 0.15) is 18.6 Å². The van der Waals surface area contributed by atoms with Crippen LogP contribution in [0.2, 0.25) is 5.02 Å². The molecule has 1 N–H and O–H groups in total. The van der Waals surface area contributed by atoms with Gasteiger partial charge in [0.05, 0.1) is 12.7 Å². The molecule has 1 saturated heterocycles. The molecule has 1 aliphatic heterocycles. The summed E-state index contributed by atoms with van der Waals surface area (Å²) < 4.78 is 5.21. The van der Waals surface area contributed by atoms with Gasteiger partial charge in [-0.15, -0.1) is 0 Å². The van der Waals surface area contributed by atoms with Crippen LogP contribution in [0.5, 0.6) is 0 Å². The maximum Gasteiger partial charge on any atom is 0.0917 e. The van der Waals surface area contributed by atoms with Crippen molar-refractivity contribution in [2.75, 3.05) is 46.4 Å². The lowest BCUT2D eigenvalue weighted by Crippen LogP contribution is -2.51. The molecule has 4 nitrogen and oxygen atoms in total. The van der Waals surface area contributed by atoms with Crippen LogP contribution < -0.4 is 0 Å². The van der Waals surface area contributed by atoms with Crippen LogP contribution in [0.15, 0.2) is 24.3 Å². The molecule has 1 heterocycles. The Morgan fingerprint density at radius 3 is 2.62 bits per heavy atom. The number of methoxy groups -OCH3 is 1. The predicted octanol–water partition coefficient (Wildman–Crippen LogP) is 2.03. The van der Waals surface area contributed by atoms with Crippen molar-refractivity contribution in [3.63, 3.8) is 0 Å². The highest BCUT2D eigenvalue weighted by Crippen LogP contribution is 2.19.